The Labute approximate surface area is 171 Å². The summed E-state index contributed by atoms with van der Waals surface area (Å²) >= 11 is 0. The van der Waals surface area contributed by atoms with Gasteiger partial charge in [-0.05, 0) is 51.9 Å². The first-order chi connectivity index (χ1) is 14.2. The van der Waals surface area contributed by atoms with Crippen molar-refractivity contribution < 1.29 is 0 Å². The Bertz CT molecular complexity index is 1080. The van der Waals surface area contributed by atoms with E-state index in [1.807, 2.05) is 18.2 Å². The highest BCUT2D eigenvalue weighted by Crippen LogP contribution is 2.38. The van der Waals surface area contributed by atoms with Crippen LogP contribution in [0.3, 0.4) is 0 Å². The van der Waals surface area contributed by atoms with Crippen molar-refractivity contribution in [2.75, 3.05) is 13.1 Å². The van der Waals surface area contributed by atoms with Crippen molar-refractivity contribution in [1.29, 1.82) is 0 Å². The molecule has 0 bridgehead atoms. The molecule has 0 saturated carbocycles. The Morgan fingerprint density at radius 2 is 1.66 bits per heavy atom. The second kappa shape index (κ2) is 7.48. The highest BCUT2D eigenvalue weighted by Gasteiger charge is 2.28. The van der Waals surface area contributed by atoms with Gasteiger partial charge in [-0.1, -0.05) is 42.5 Å². The second-order valence-corrected chi connectivity index (χ2v) is 8.12. The van der Waals surface area contributed by atoms with Crippen molar-refractivity contribution >= 4 is 11.0 Å². The highest BCUT2D eigenvalue weighted by atomic mass is 15.1. The lowest BCUT2D eigenvalue weighted by Crippen LogP contribution is -2.28. The molecule has 29 heavy (non-hydrogen) atoms. The van der Waals surface area contributed by atoms with Crippen LogP contribution in [0.15, 0.2) is 54.6 Å². The van der Waals surface area contributed by atoms with Gasteiger partial charge in [0.05, 0.1) is 16.7 Å². The maximum absolute atomic E-state index is 5.24. The van der Waals surface area contributed by atoms with Crippen molar-refractivity contribution in [3.63, 3.8) is 0 Å². The van der Waals surface area contributed by atoms with Gasteiger partial charge in [0.1, 0.15) is 11.5 Å². The molecule has 5 heteroatoms. The summed E-state index contributed by atoms with van der Waals surface area (Å²) in [6.45, 7) is 6.61. The molecule has 0 aliphatic carbocycles. The molecular weight excluding hydrogens is 358 g/mol. The molecule has 2 aromatic carbocycles. The number of rotatable bonds is 4. The first-order valence-corrected chi connectivity index (χ1v) is 10.6. The molecule has 0 spiro atoms. The summed E-state index contributed by atoms with van der Waals surface area (Å²) in [6, 6.07) is 19.1. The molecule has 1 aliphatic heterocycles. The van der Waals surface area contributed by atoms with Crippen molar-refractivity contribution in [3.8, 4) is 22.8 Å². The van der Waals surface area contributed by atoms with Crippen LogP contribution in [-0.2, 0) is 0 Å². The first kappa shape index (κ1) is 18.1. The molecular formula is C24H27N5. The summed E-state index contributed by atoms with van der Waals surface area (Å²) < 4.78 is 2.44. The van der Waals surface area contributed by atoms with Gasteiger partial charge < -0.3 is 14.9 Å². The quantitative estimate of drug-likeness (QED) is 0.511. The molecule has 0 atom stereocenters. The minimum Gasteiger partial charge on any atom is -0.337 e. The number of hydrogen-bond donors (Lipinski definition) is 2. The molecule has 0 unspecified atom stereocenters. The number of piperidine rings is 1. The summed E-state index contributed by atoms with van der Waals surface area (Å²) in [4.78, 5) is 13.6. The largest absolute Gasteiger partial charge is 0.337 e. The number of benzene rings is 2. The van der Waals surface area contributed by atoms with Gasteiger partial charge in [0, 0.05) is 17.5 Å². The maximum Gasteiger partial charge on any atom is 0.159 e. The fraction of sp³-hybridized carbons (Fsp3) is 0.333. The average molecular weight is 386 g/mol. The number of fused-ring (bicyclic) bond motifs is 1. The van der Waals surface area contributed by atoms with Crippen molar-refractivity contribution in [3.05, 3.63) is 60.4 Å². The predicted molar refractivity (Wildman–Crippen MR) is 118 cm³/mol. The Hall–Kier alpha value is -2.92. The van der Waals surface area contributed by atoms with Crippen LogP contribution in [0.2, 0.25) is 0 Å². The highest BCUT2D eigenvalue weighted by molar-refractivity contribution is 5.83. The molecule has 1 aliphatic rings. The van der Waals surface area contributed by atoms with Crippen LogP contribution in [0.4, 0.5) is 0 Å². The summed E-state index contributed by atoms with van der Waals surface area (Å²) in [6.07, 6.45) is 2.25. The summed E-state index contributed by atoms with van der Waals surface area (Å²) in [7, 11) is 0. The van der Waals surface area contributed by atoms with E-state index in [1.54, 1.807) is 0 Å². The molecule has 4 aromatic rings. The van der Waals surface area contributed by atoms with Crippen molar-refractivity contribution in [2.45, 2.75) is 38.6 Å². The molecule has 1 fully saturated rings. The van der Waals surface area contributed by atoms with Crippen molar-refractivity contribution in [2.24, 2.45) is 0 Å². The number of imidazole rings is 2. The number of H-pyrrole nitrogens is 1. The van der Waals surface area contributed by atoms with E-state index in [4.69, 9.17) is 9.97 Å². The Balaban J connectivity index is 1.76. The molecule has 1 saturated heterocycles. The van der Waals surface area contributed by atoms with Gasteiger partial charge in [-0.15, -0.1) is 0 Å². The Morgan fingerprint density at radius 3 is 2.38 bits per heavy atom. The molecule has 5 nitrogen and oxygen atoms in total. The van der Waals surface area contributed by atoms with Gasteiger partial charge in [0.15, 0.2) is 5.82 Å². The third-order valence-electron chi connectivity index (χ3n) is 5.82. The Kier molecular flexibility index (Phi) is 4.68. The molecule has 2 aromatic heterocycles. The summed E-state index contributed by atoms with van der Waals surface area (Å²) in [5.74, 6) is 2.51. The van der Waals surface area contributed by atoms with Gasteiger partial charge in [0.2, 0.25) is 0 Å². The van der Waals surface area contributed by atoms with E-state index >= 15 is 0 Å². The average Bonchev–Trinajstić information content (AvgIpc) is 3.37. The number of nitrogens with one attached hydrogen (secondary N) is 2. The minimum atomic E-state index is 0.320. The topological polar surface area (TPSA) is 58.5 Å². The van der Waals surface area contributed by atoms with E-state index in [2.05, 4.69) is 65.1 Å². The van der Waals surface area contributed by atoms with Crippen LogP contribution in [0.25, 0.3) is 33.8 Å². The lowest BCUT2D eigenvalue weighted by Gasteiger charge is -2.25. The molecule has 0 radical (unpaired) electrons. The van der Waals surface area contributed by atoms with Gasteiger partial charge in [-0.25, -0.2) is 9.97 Å². The zero-order valence-electron chi connectivity index (χ0n) is 17.0. The standard InChI is InChI=1S/C24H27N5/c1-16(2)29-22(17-8-4-3-5-9-17)21(28-24(29)18-12-14-25-15-13-18)23-26-19-10-6-7-11-20(19)27-23/h3-11,16,18,25H,12-15H2,1-2H3,(H,26,27). The van der Waals surface area contributed by atoms with E-state index in [9.17, 15) is 0 Å². The van der Waals surface area contributed by atoms with Crippen LogP contribution in [0.5, 0.6) is 0 Å². The van der Waals surface area contributed by atoms with Gasteiger partial charge in [-0.2, -0.15) is 0 Å². The molecule has 5 rings (SSSR count). The van der Waals surface area contributed by atoms with Crippen LogP contribution < -0.4 is 5.32 Å². The lowest BCUT2D eigenvalue weighted by molar-refractivity contribution is 0.421. The van der Waals surface area contributed by atoms with E-state index in [-0.39, 0.29) is 0 Å². The smallest absolute Gasteiger partial charge is 0.159 e. The number of aromatic amines is 1. The van der Waals surface area contributed by atoms with E-state index < -0.39 is 0 Å². The van der Waals surface area contributed by atoms with Gasteiger partial charge in [0.25, 0.3) is 0 Å². The first-order valence-electron chi connectivity index (χ1n) is 10.6. The van der Waals surface area contributed by atoms with E-state index in [0.717, 1.165) is 54.2 Å². The Morgan fingerprint density at radius 1 is 0.931 bits per heavy atom. The third-order valence-corrected chi connectivity index (χ3v) is 5.82. The number of nitrogens with zero attached hydrogens (tertiary/aromatic N) is 3. The summed E-state index contributed by atoms with van der Waals surface area (Å²) in [5, 5.41) is 3.48. The van der Waals surface area contributed by atoms with Crippen molar-refractivity contribution in [1.82, 2.24) is 24.8 Å². The maximum atomic E-state index is 5.24. The van der Waals surface area contributed by atoms with Gasteiger partial charge >= 0.3 is 0 Å². The zero-order valence-corrected chi connectivity index (χ0v) is 17.0. The van der Waals surface area contributed by atoms with E-state index in [0.29, 0.717) is 12.0 Å². The monoisotopic (exact) mass is 385 g/mol. The normalized spacial score (nSPS) is 15.4. The van der Waals surface area contributed by atoms with Crippen LogP contribution in [-0.4, -0.2) is 32.6 Å². The van der Waals surface area contributed by atoms with E-state index in [1.165, 1.54) is 11.4 Å². The number of hydrogen-bond acceptors (Lipinski definition) is 3. The molecule has 2 N–H and O–H groups in total. The van der Waals surface area contributed by atoms with Crippen LogP contribution in [0.1, 0.15) is 44.5 Å². The molecule has 0 amide bonds. The second-order valence-electron chi connectivity index (χ2n) is 8.12. The number of aromatic nitrogens is 4. The van der Waals surface area contributed by atoms with Crippen LogP contribution >= 0.6 is 0 Å². The fourth-order valence-electron chi connectivity index (χ4n) is 4.44. The van der Waals surface area contributed by atoms with Gasteiger partial charge in [-0.3, -0.25) is 0 Å². The SMILES string of the molecule is CC(C)n1c(C2CCNCC2)nc(-c2nc3ccccc3[nH]2)c1-c1ccccc1. The number of para-hydroxylation sites is 2. The minimum absolute atomic E-state index is 0.320. The molecule has 3 heterocycles. The summed E-state index contributed by atoms with van der Waals surface area (Å²) in [5.41, 5.74) is 5.32. The lowest BCUT2D eigenvalue weighted by atomic mass is 9.97. The zero-order chi connectivity index (χ0) is 19.8. The third kappa shape index (κ3) is 3.25. The van der Waals surface area contributed by atoms with Crippen LogP contribution in [0, 0.1) is 0 Å². The predicted octanol–water partition coefficient (Wildman–Crippen LogP) is 5.14. The fourth-order valence-corrected chi connectivity index (χ4v) is 4.44. The molecule has 148 valence electrons.